The van der Waals surface area contributed by atoms with Crippen LogP contribution >= 0.6 is 0 Å². The number of hydrogen-bond donors (Lipinski definition) is 2. The first-order valence-electron chi connectivity index (χ1n) is 7.41. The molecule has 2 N–H and O–H groups in total. The molecule has 5 nitrogen and oxygen atoms in total. The van der Waals surface area contributed by atoms with Gasteiger partial charge in [-0.2, -0.15) is 5.10 Å². The average Bonchev–Trinajstić information content (AvgIpc) is 3.08. The van der Waals surface area contributed by atoms with Crippen LogP contribution in [0.4, 0.5) is 0 Å². The largest absolute Gasteiger partial charge is 0.352 e. The van der Waals surface area contributed by atoms with Gasteiger partial charge in [0.25, 0.3) is 0 Å². The highest BCUT2D eigenvalue weighted by Crippen LogP contribution is 2.14. The number of rotatable bonds is 4. The molecule has 3 rings (SSSR count). The van der Waals surface area contributed by atoms with Crippen molar-refractivity contribution < 1.29 is 4.79 Å². The number of benzene rings is 1. The van der Waals surface area contributed by atoms with Crippen molar-refractivity contribution in [2.24, 2.45) is 5.92 Å². The van der Waals surface area contributed by atoms with Gasteiger partial charge in [-0.15, -0.1) is 0 Å². The molecule has 0 bridgehead atoms. The Morgan fingerprint density at radius 1 is 1.38 bits per heavy atom. The summed E-state index contributed by atoms with van der Waals surface area (Å²) in [5.74, 6) is 0.230. The molecule has 0 unspecified atom stereocenters. The molecule has 110 valence electrons. The number of carbonyl (C=O) groups excluding carboxylic acids is 1. The smallest absolute Gasteiger partial charge is 0.224 e. The maximum atomic E-state index is 12.2. The maximum Gasteiger partial charge on any atom is 0.224 e. The molecule has 1 aliphatic rings. The van der Waals surface area contributed by atoms with Crippen molar-refractivity contribution in [2.75, 3.05) is 13.1 Å². The molecule has 0 saturated carbocycles. The van der Waals surface area contributed by atoms with Gasteiger partial charge in [0.05, 0.1) is 11.6 Å². The lowest BCUT2D eigenvalue weighted by Gasteiger charge is -2.22. The first kappa shape index (κ1) is 13.8. The summed E-state index contributed by atoms with van der Waals surface area (Å²) in [6.07, 6.45) is 5.70. The van der Waals surface area contributed by atoms with Crippen molar-refractivity contribution in [3.63, 3.8) is 0 Å². The second-order valence-corrected chi connectivity index (χ2v) is 5.34. The third-order valence-corrected chi connectivity index (χ3v) is 3.86. The Hall–Kier alpha value is -2.14. The minimum absolute atomic E-state index is 0.0932. The van der Waals surface area contributed by atoms with Gasteiger partial charge in [-0.1, -0.05) is 18.2 Å². The van der Waals surface area contributed by atoms with Gasteiger partial charge in [0, 0.05) is 25.5 Å². The molecule has 1 aromatic carbocycles. The van der Waals surface area contributed by atoms with Crippen LogP contribution in [0.1, 0.15) is 18.4 Å². The number of nitrogens with zero attached hydrogens (tertiary/aromatic N) is 2. The molecule has 1 fully saturated rings. The van der Waals surface area contributed by atoms with Gasteiger partial charge < -0.3 is 10.6 Å². The van der Waals surface area contributed by atoms with Crippen molar-refractivity contribution >= 4 is 5.91 Å². The van der Waals surface area contributed by atoms with E-state index in [1.165, 1.54) is 0 Å². The standard InChI is InChI=1S/C16H20N4O/c21-16(14-6-3-8-17-11-14)18-12-13-5-1-2-7-15(13)20-10-4-9-19-20/h1-2,4-5,7,9-10,14,17H,3,6,8,11-12H2,(H,18,21)/t14-/m0/s1. The monoisotopic (exact) mass is 284 g/mol. The van der Waals surface area contributed by atoms with E-state index in [-0.39, 0.29) is 11.8 Å². The van der Waals surface area contributed by atoms with Gasteiger partial charge in [0.2, 0.25) is 5.91 Å². The Bertz CT molecular complexity index is 588. The van der Waals surface area contributed by atoms with E-state index in [1.807, 2.05) is 41.2 Å². The highest BCUT2D eigenvalue weighted by atomic mass is 16.1. The van der Waals surface area contributed by atoms with Crippen LogP contribution in [0.5, 0.6) is 0 Å². The van der Waals surface area contributed by atoms with Crippen LogP contribution in [0.3, 0.4) is 0 Å². The van der Waals surface area contributed by atoms with E-state index in [9.17, 15) is 4.79 Å². The van der Waals surface area contributed by atoms with E-state index in [2.05, 4.69) is 15.7 Å². The molecular weight excluding hydrogens is 264 g/mol. The lowest BCUT2D eigenvalue weighted by molar-refractivity contribution is -0.125. The summed E-state index contributed by atoms with van der Waals surface area (Å²) in [6, 6.07) is 9.89. The molecule has 1 aromatic heterocycles. The predicted octanol–water partition coefficient (Wildman–Crippen LogP) is 1.49. The minimum Gasteiger partial charge on any atom is -0.352 e. The zero-order valence-corrected chi connectivity index (χ0v) is 12.0. The Morgan fingerprint density at radius 3 is 3.05 bits per heavy atom. The van der Waals surface area contributed by atoms with Gasteiger partial charge in [0.15, 0.2) is 0 Å². The summed E-state index contributed by atoms with van der Waals surface area (Å²) in [7, 11) is 0. The number of carbonyl (C=O) groups is 1. The minimum atomic E-state index is 0.0932. The van der Waals surface area contributed by atoms with Crippen LogP contribution in [0.2, 0.25) is 0 Å². The molecule has 1 atom stereocenters. The van der Waals surface area contributed by atoms with Crippen molar-refractivity contribution in [1.29, 1.82) is 0 Å². The van der Waals surface area contributed by atoms with E-state index >= 15 is 0 Å². The Kier molecular flexibility index (Phi) is 4.31. The van der Waals surface area contributed by atoms with Crippen molar-refractivity contribution in [1.82, 2.24) is 20.4 Å². The summed E-state index contributed by atoms with van der Waals surface area (Å²) < 4.78 is 1.82. The number of para-hydroxylation sites is 1. The van der Waals surface area contributed by atoms with Gasteiger partial charge >= 0.3 is 0 Å². The second-order valence-electron chi connectivity index (χ2n) is 5.34. The molecule has 2 aromatic rings. The van der Waals surface area contributed by atoms with Crippen LogP contribution in [-0.4, -0.2) is 28.8 Å². The fourth-order valence-electron chi connectivity index (χ4n) is 2.70. The van der Waals surface area contributed by atoms with Crippen molar-refractivity contribution in [3.05, 3.63) is 48.3 Å². The fourth-order valence-corrected chi connectivity index (χ4v) is 2.70. The lowest BCUT2D eigenvalue weighted by Crippen LogP contribution is -2.40. The summed E-state index contributed by atoms with van der Waals surface area (Å²) in [4.78, 5) is 12.2. The predicted molar refractivity (Wildman–Crippen MR) is 81.0 cm³/mol. The molecule has 0 spiro atoms. The first-order valence-corrected chi connectivity index (χ1v) is 7.41. The first-order chi connectivity index (χ1) is 10.3. The van der Waals surface area contributed by atoms with E-state index in [1.54, 1.807) is 6.20 Å². The number of aromatic nitrogens is 2. The fraction of sp³-hybridized carbons (Fsp3) is 0.375. The maximum absolute atomic E-state index is 12.2. The van der Waals surface area contributed by atoms with Gasteiger partial charge in [0.1, 0.15) is 0 Å². The van der Waals surface area contributed by atoms with Gasteiger partial charge in [-0.3, -0.25) is 4.79 Å². The van der Waals surface area contributed by atoms with Crippen LogP contribution in [-0.2, 0) is 11.3 Å². The number of piperidine rings is 1. The van der Waals surface area contributed by atoms with Crippen molar-refractivity contribution in [2.45, 2.75) is 19.4 Å². The third kappa shape index (κ3) is 3.31. The van der Waals surface area contributed by atoms with Gasteiger partial charge in [-0.05, 0) is 37.1 Å². The quantitative estimate of drug-likeness (QED) is 0.894. The van der Waals surface area contributed by atoms with Gasteiger partial charge in [-0.25, -0.2) is 4.68 Å². The molecule has 5 heteroatoms. The van der Waals surface area contributed by atoms with Crippen LogP contribution in [0, 0.1) is 5.92 Å². The highest BCUT2D eigenvalue weighted by molar-refractivity contribution is 5.79. The normalized spacial score (nSPS) is 18.4. The summed E-state index contributed by atoms with van der Waals surface area (Å²) >= 11 is 0. The number of nitrogens with one attached hydrogen (secondary N) is 2. The van der Waals surface area contributed by atoms with E-state index in [0.717, 1.165) is 37.2 Å². The molecule has 1 aliphatic heterocycles. The topological polar surface area (TPSA) is 59.0 Å². The summed E-state index contributed by atoms with van der Waals surface area (Å²) in [5, 5.41) is 10.6. The SMILES string of the molecule is O=C(NCc1ccccc1-n1cccn1)[C@H]1CCCNC1. The Balaban J connectivity index is 1.66. The van der Waals surface area contributed by atoms with E-state index in [4.69, 9.17) is 0 Å². The number of amides is 1. The molecule has 0 radical (unpaired) electrons. The van der Waals surface area contributed by atoms with Crippen LogP contribution in [0.25, 0.3) is 5.69 Å². The van der Waals surface area contributed by atoms with Crippen LogP contribution in [0.15, 0.2) is 42.7 Å². The molecule has 2 heterocycles. The summed E-state index contributed by atoms with van der Waals surface area (Å²) in [5.41, 5.74) is 2.07. The molecule has 1 saturated heterocycles. The molecule has 1 amide bonds. The highest BCUT2D eigenvalue weighted by Gasteiger charge is 2.20. The summed E-state index contributed by atoms with van der Waals surface area (Å²) in [6.45, 7) is 2.34. The lowest BCUT2D eigenvalue weighted by atomic mass is 9.99. The zero-order chi connectivity index (χ0) is 14.5. The molecule has 0 aliphatic carbocycles. The van der Waals surface area contributed by atoms with E-state index in [0.29, 0.717) is 6.54 Å². The second kappa shape index (κ2) is 6.54. The molecule has 21 heavy (non-hydrogen) atoms. The molecular formula is C16H20N4O. The third-order valence-electron chi connectivity index (χ3n) is 3.86. The van der Waals surface area contributed by atoms with E-state index < -0.39 is 0 Å². The average molecular weight is 284 g/mol. The van der Waals surface area contributed by atoms with Crippen molar-refractivity contribution in [3.8, 4) is 5.69 Å². The zero-order valence-electron chi connectivity index (χ0n) is 12.0. The van der Waals surface area contributed by atoms with Crippen LogP contribution < -0.4 is 10.6 Å². The Labute approximate surface area is 124 Å². The number of hydrogen-bond acceptors (Lipinski definition) is 3. The Morgan fingerprint density at radius 2 is 2.29 bits per heavy atom.